The molecule has 4 N–H and O–H groups in total. The average molecular weight is 150 g/mol. The fourth-order valence-electron chi connectivity index (χ4n) is 0.768. The maximum atomic E-state index is 8.47. The molecule has 0 spiro atoms. The minimum atomic E-state index is 0. The zero-order valence-corrected chi connectivity index (χ0v) is 6.04. The fraction of sp³-hybridized carbons (Fsp3) is 0.125. The monoisotopic (exact) mass is 150 g/mol. The van der Waals surface area contributed by atoms with Gasteiger partial charge in [-0.2, -0.15) is 5.26 Å². The maximum Gasteiger partial charge on any atom is 0.0991 e. The van der Waals surface area contributed by atoms with Gasteiger partial charge in [-0.25, -0.2) is 0 Å². The van der Waals surface area contributed by atoms with Crippen molar-refractivity contribution in [3.05, 3.63) is 35.4 Å². The van der Waals surface area contributed by atoms with Crippen LogP contribution in [0.2, 0.25) is 0 Å². The van der Waals surface area contributed by atoms with Crippen LogP contribution in [-0.4, -0.2) is 5.48 Å². The first-order valence-electron chi connectivity index (χ1n) is 3.06. The normalized spacial score (nSPS) is 8.00. The van der Waals surface area contributed by atoms with Gasteiger partial charge in [-0.05, 0) is 17.7 Å². The Balaban J connectivity index is 0.000001000. The minimum absolute atomic E-state index is 0. The number of benzene rings is 1. The molecule has 0 aromatic heterocycles. The van der Waals surface area contributed by atoms with Crippen LogP contribution in [0.4, 0.5) is 0 Å². The Morgan fingerprint density at radius 2 is 2.18 bits per heavy atom. The highest BCUT2D eigenvalue weighted by molar-refractivity contribution is 5.32. The van der Waals surface area contributed by atoms with E-state index >= 15 is 0 Å². The zero-order chi connectivity index (χ0) is 7.40. The maximum absolute atomic E-state index is 8.47. The van der Waals surface area contributed by atoms with Crippen LogP contribution in [0, 0.1) is 11.3 Å². The van der Waals surface area contributed by atoms with E-state index in [1.165, 1.54) is 0 Å². The highest BCUT2D eigenvalue weighted by Crippen LogP contribution is 2.01. The van der Waals surface area contributed by atoms with Crippen molar-refractivity contribution in [1.82, 2.24) is 0 Å². The number of hydrogen-bond acceptors (Lipinski definition) is 2. The van der Waals surface area contributed by atoms with Crippen LogP contribution in [0.5, 0.6) is 0 Å². The number of nitrogens with zero attached hydrogens (tertiary/aromatic N) is 1. The molecular weight excluding hydrogens is 140 g/mol. The Morgan fingerprint density at radius 3 is 2.73 bits per heavy atom. The number of hydrogen-bond donors (Lipinski definition) is 1. The van der Waals surface area contributed by atoms with Crippen LogP contribution in [0.15, 0.2) is 24.3 Å². The molecule has 1 aromatic carbocycles. The molecule has 0 radical (unpaired) electrons. The highest BCUT2D eigenvalue weighted by atomic mass is 16.0. The van der Waals surface area contributed by atoms with Gasteiger partial charge in [-0.1, -0.05) is 12.1 Å². The van der Waals surface area contributed by atoms with Gasteiger partial charge < -0.3 is 11.2 Å². The zero-order valence-electron chi connectivity index (χ0n) is 6.04. The van der Waals surface area contributed by atoms with Crippen molar-refractivity contribution in [2.75, 3.05) is 0 Å². The van der Waals surface area contributed by atoms with Gasteiger partial charge in [0.15, 0.2) is 0 Å². The molecule has 0 atom stereocenters. The third-order valence-electron chi connectivity index (χ3n) is 1.29. The molecule has 3 heteroatoms. The summed E-state index contributed by atoms with van der Waals surface area (Å²) in [6, 6.07) is 9.34. The lowest BCUT2D eigenvalue weighted by molar-refractivity contribution is 0.824. The lowest BCUT2D eigenvalue weighted by Crippen LogP contribution is -1.95. The molecule has 0 saturated carbocycles. The van der Waals surface area contributed by atoms with E-state index in [1.807, 2.05) is 18.2 Å². The number of nitriles is 1. The molecule has 0 saturated heterocycles. The van der Waals surface area contributed by atoms with Gasteiger partial charge in [0, 0.05) is 6.54 Å². The van der Waals surface area contributed by atoms with Crippen LogP contribution in [0.1, 0.15) is 11.1 Å². The van der Waals surface area contributed by atoms with Crippen LogP contribution in [0.25, 0.3) is 0 Å². The largest absolute Gasteiger partial charge is 0.412 e. The Morgan fingerprint density at radius 1 is 1.45 bits per heavy atom. The van der Waals surface area contributed by atoms with Crippen molar-refractivity contribution in [1.29, 1.82) is 5.26 Å². The van der Waals surface area contributed by atoms with E-state index in [2.05, 4.69) is 0 Å². The fourth-order valence-corrected chi connectivity index (χ4v) is 0.768. The SMILES string of the molecule is N#Cc1cccc(CN)c1.O. The summed E-state index contributed by atoms with van der Waals surface area (Å²) in [5.74, 6) is 0. The molecule has 0 aliphatic rings. The third-order valence-corrected chi connectivity index (χ3v) is 1.29. The molecule has 0 aliphatic carbocycles. The summed E-state index contributed by atoms with van der Waals surface area (Å²) < 4.78 is 0. The Bertz CT molecular complexity index is 265. The van der Waals surface area contributed by atoms with Gasteiger partial charge in [0.25, 0.3) is 0 Å². The summed E-state index contributed by atoms with van der Waals surface area (Å²) in [7, 11) is 0. The summed E-state index contributed by atoms with van der Waals surface area (Å²) in [4.78, 5) is 0. The van der Waals surface area contributed by atoms with Crippen LogP contribution < -0.4 is 5.73 Å². The highest BCUT2D eigenvalue weighted by Gasteiger charge is 1.90. The van der Waals surface area contributed by atoms with Gasteiger partial charge in [0.2, 0.25) is 0 Å². The summed E-state index contributed by atoms with van der Waals surface area (Å²) in [6.07, 6.45) is 0. The molecule has 0 fully saturated rings. The smallest absolute Gasteiger partial charge is 0.0991 e. The molecule has 58 valence electrons. The molecule has 0 heterocycles. The van der Waals surface area contributed by atoms with Gasteiger partial charge in [-0.15, -0.1) is 0 Å². The quantitative estimate of drug-likeness (QED) is 0.620. The van der Waals surface area contributed by atoms with Gasteiger partial charge >= 0.3 is 0 Å². The molecule has 1 rings (SSSR count). The topological polar surface area (TPSA) is 81.3 Å². The van der Waals surface area contributed by atoms with E-state index < -0.39 is 0 Å². The molecule has 1 aromatic rings. The molecule has 0 unspecified atom stereocenters. The van der Waals surface area contributed by atoms with E-state index in [-0.39, 0.29) is 5.48 Å². The van der Waals surface area contributed by atoms with E-state index in [1.54, 1.807) is 12.1 Å². The van der Waals surface area contributed by atoms with Crippen molar-refractivity contribution >= 4 is 0 Å². The Hall–Kier alpha value is -1.37. The molecule has 0 bridgehead atoms. The van der Waals surface area contributed by atoms with E-state index in [0.29, 0.717) is 12.1 Å². The molecule has 3 nitrogen and oxygen atoms in total. The van der Waals surface area contributed by atoms with Crippen molar-refractivity contribution in [3.63, 3.8) is 0 Å². The number of nitrogens with two attached hydrogens (primary N) is 1. The second-order valence-corrected chi connectivity index (χ2v) is 2.02. The first-order chi connectivity index (χ1) is 4.86. The van der Waals surface area contributed by atoms with Crippen molar-refractivity contribution in [2.24, 2.45) is 5.73 Å². The summed E-state index contributed by atoms with van der Waals surface area (Å²) in [5, 5.41) is 8.47. The molecular formula is C8H10N2O. The van der Waals surface area contributed by atoms with Gasteiger partial charge in [-0.3, -0.25) is 0 Å². The Labute approximate surface area is 65.4 Å². The van der Waals surface area contributed by atoms with E-state index in [4.69, 9.17) is 11.0 Å². The first-order valence-corrected chi connectivity index (χ1v) is 3.06. The average Bonchev–Trinajstić information content (AvgIpc) is 2.05. The Kier molecular flexibility index (Phi) is 3.89. The minimum Gasteiger partial charge on any atom is -0.412 e. The van der Waals surface area contributed by atoms with Crippen LogP contribution in [0.3, 0.4) is 0 Å². The van der Waals surface area contributed by atoms with Crippen molar-refractivity contribution in [2.45, 2.75) is 6.54 Å². The lowest BCUT2D eigenvalue weighted by atomic mass is 10.1. The first kappa shape index (κ1) is 9.63. The van der Waals surface area contributed by atoms with Crippen molar-refractivity contribution < 1.29 is 5.48 Å². The lowest BCUT2D eigenvalue weighted by Gasteiger charge is -1.93. The summed E-state index contributed by atoms with van der Waals surface area (Å²) in [5.41, 5.74) is 7.03. The molecule has 11 heavy (non-hydrogen) atoms. The summed E-state index contributed by atoms with van der Waals surface area (Å²) >= 11 is 0. The summed E-state index contributed by atoms with van der Waals surface area (Å²) in [6.45, 7) is 0.496. The van der Waals surface area contributed by atoms with Crippen molar-refractivity contribution in [3.8, 4) is 6.07 Å². The van der Waals surface area contributed by atoms with Gasteiger partial charge in [0.05, 0.1) is 11.6 Å². The predicted molar refractivity (Wildman–Crippen MR) is 42.7 cm³/mol. The van der Waals surface area contributed by atoms with E-state index in [0.717, 1.165) is 5.56 Å². The van der Waals surface area contributed by atoms with Crippen LogP contribution >= 0.6 is 0 Å². The second kappa shape index (κ2) is 4.45. The third kappa shape index (κ3) is 2.38. The van der Waals surface area contributed by atoms with E-state index in [9.17, 15) is 0 Å². The second-order valence-electron chi connectivity index (χ2n) is 2.02. The predicted octanol–water partition coefficient (Wildman–Crippen LogP) is 0.192. The number of rotatable bonds is 1. The molecule has 0 aliphatic heterocycles. The van der Waals surface area contributed by atoms with Gasteiger partial charge in [0.1, 0.15) is 0 Å². The molecule has 0 amide bonds. The standard InChI is InChI=1S/C8H8N2.H2O/c9-5-7-2-1-3-8(4-7)6-10;/h1-4H,5,9H2;1H2. The van der Waals surface area contributed by atoms with Crippen LogP contribution in [-0.2, 0) is 6.54 Å².